The molecule has 3 aromatic carbocycles. The molecular formula is C27H20BrFN2O7. The topological polar surface area (TPSA) is 111 Å². The third-order valence-electron chi connectivity index (χ3n) is 5.54. The zero-order valence-corrected chi connectivity index (χ0v) is 21.7. The standard InChI is InChI=1S/C27H20BrFN2O7/c1-36-22-13-15(12-20(28)23(22)38-14-17-5-3-4-6-21(17)29)11-19-24(32)30-27(35)31(25(19)33)18-9-7-16(8-10-18)26(34)37-2/h3-13H,14H2,1-2H3,(H,30,32,35)/b19-11+. The third-order valence-corrected chi connectivity index (χ3v) is 6.13. The highest BCUT2D eigenvalue weighted by molar-refractivity contribution is 9.10. The van der Waals surface area contributed by atoms with E-state index >= 15 is 0 Å². The molecule has 4 rings (SSSR count). The molecule has 3 aromatic rings. The molecule has 9 nitrogen and oxygen atoms in total. The first-order valence-corrected chi connectivity index (χ1v) is 11.9. The fourth-order valence-electron chi connectivity index (χ4n) is 3.65. The summed E-state index contributed by atoms with van der Waals surface area (Å²) in [5.74, 6) is -2.18. The average Bonchev–Trinajstić information content (AvgIpc) is 2.90. The highest BCUT2D eigenvalue weighted by atomic mass is 79.9. The number of nitrogens with zero attached hydrogens (tertiary/aromatic N) is 1. The van der Waals surface area contributed by atoms with Crippen LogP contribution < -0.4 is 19.7 Å². The molecule has 0 spiro atoms. The number of imide groups is 2. The third kappa shape index (κ3) is 5.42. The second kappa shape index (κ2) is 11.3. The SMILES string of the molecule is COC(=O)c1ccc(N2C(=O)NC(=O)/C(=C\c3cc(Br)c(OCc4ccccc4F)c(OC)c3)C2=O)cc1. The predicted octanol–water partition coefficient (Wildman–Crippen LogP) is 4.63. The number of amides is 4. The molecule has 1 saturated heterocycles. The maximum absolute atomic E-state index is 14.0. The number of hydrogen-bond donors (Lipinski definition) is 1. The molecule has 1 heterocycles. The number of ether oxygens (including phenoxy) is 3. The van der Waals surface area contributed by atoms with Gasteiger partial charge in [-0.1, -0.05) is 18.2 Å². The number of methoxy groups -OCH3 is 2. The number of anilines is 1. The van der Waals surface area contributed by atoms with E-state index in [2.05, 4.69) is 26.0 Å². The predicted molar refractivity (Wildman–Crippen MR) is 138 cm³/mol. The lowest BCUT2D eigenvalue weighted by molar-refractivity contribution is -0.122. The van der Waals surface area contributed by atoms with Crippen molar-refractivity contribution in [3.8, 4) is 11.5 Å². The molecule has 4 amide bonds. The van der Waals surface area contributed by atoms with E-state index in [9.17, 15) is 23.6 Å². The highest BCUT2D eigenvalue weighted by Crippen LogP contribution is 2.38. The first kappa shape index (κ1) is 26.6. The Kier molecular flexibility index (Phi) is 7.87. The maximum atomic E-state index is 14.0. The van der Waals surface area contributed by atoms with Gasteiger partial charge in [0.1, 0.15) is 18.0 Å². The molecule has 1 fully saturated rings. The van der Waals surface area contributed by atoms with Crippen molar-refractivity contribution in [3.63, 3.8) is 0 Å². The van der Waals surface area contributed by atoms with Crippen LogP contribution in [0.4, 0.5) is 14.9 Å². The molecule has 0 aromatic heterocycles. The average molecular weight is 583 g/mol. The first-order chi connectivity index (χ1) is 18.2. The molecule has 38 heavy (non-hydrogen) atoms. The van der Waals surface area contributed by atoms with E-state index in [0.29, 0.717) is 21.3 Å². The fraction of sp³-hybridized carbons (Fsp3) is 0.111. The van der Waals surface area contributed by atoms with Crippen LogP contribution in [0.5, 0.6) is 11.5 Å². The van der Waals surface area contributed by atoms with Gasteiger partial charge in [0.2, 0.25) is 0 Å². The number of nitrogens with one attached hydrogen (secondary N) is 1. The summed E-state index contributed by atoms with van der Waals surface area (Å²) in [5, 5.41) is 2.14. The van der Waals surface area contributed by atoms with Crippen LogP contribution in [0.15, 0.2) is 70.7 Å². The Morgan fingerprint density at radius 3 is 2.42 bits per heavy atom. The van der Waals surface area contributed by atoms with Gasteiger partial charge in [-0.05, 0) is 70.0 Å². The number of urea groups is 1. The van der Waals surface area contributed by atoms with Crippen LogP contribution in [0.1, 0.15) is 21.5 Å². The fourth-order valence-corrected chi connectivity index (χ4v) is 4.23. The lowest BCUT2D eigenvalue weighted by atomic mass is 10.1. The molecule has 0 bridgehead atoms. The Morgan fingerprint density at radius 2 is 1.76 bits per heavy atom. The number of hydrogen-bond acceptors (Lipinski definition) is 7. The van der Waals surface area contributed by atoms with Crippen LogP contribution in [0.3, 0.4) is 0 Å². The van der Waals surface area contributed by atoms with Crippen molar-refractivity contribution in [1.82, 2.24) is 5.32 Å². The van der Waals surface area contributed by atoms with Crippen molar-refractivity contribution in [2.24, 2.45) is 0 Å². The largest absolute Gasteiger partial charge is 0.493 e. The van der Waals surface area contributed by atoms with E-state index in [-0.39, 0.29) is 29.2 Å². The van der Waals surface area contributed by atoms with Crippen molar-refractivity contribution < 1.29 is 37.8 Å². The van der Waals surface area contributed by atoms with Crippen molar-refractivity contribution >= 4 is 51.5 Å². The quantitative estimate of drug-likeness (QED) is 0.245. The van der Waals surface area contributed by atoms with E-state index in [1.54, 1.807) is 24.3 Å². The van der Waals surface area contributed by atoms with Gasteiger partial charge in [-0.2, -0.15) is 0 Å². The molecule has 0 aliphatic carbocycles. The molecule has 0 radical (unpaired) electrons. The molecule has 1 N–H and O–H groups in total. The second-order valence-electron chi connectivity index (χ2n) is 7.91. The number of barbiturate groups is 1. The van der Waals surface area contributed by atoms with E-state index in [1.807, 2.05) is 0 Å². The van der Waals surface area contributed by atoms with Crippen molar-refractivity contribution in [1.29, 1.82) is 0 Å². The molecule has 11 heteroatoms. The summed E-state index contributed by atoms with van der Waals surface area (Å²) in [6.07, 6.45) is 1.30. The van der Waals surface area contributed by atoms with Gasteiger partial charge >= 0.3 is 12.0 Å². The van der Waals surface area contributed by atoms with E-state index in [4.69, 9.17) is 9.47 Å². The second-order valence-corrected chi connectivity index (χ2v) is 8.76. The van der Waals surface area contributed by atoms with Crippen molar-refractivity contribution in [2.75, 3.05) is 19.1 Å². The van der Waals surface area contributed by atoms with E-state index < -0.39 is 29.6 Å². The highest BCUT2D eigenvalue weighted by Gasteiger charge is 2.37. The van der Waals surface area contributed by atoms with Crippen LogP contribution in [0.2, 0.25) is 0 Å². The molecular weight excluding hydrogens is 563 g/mol. The van der Waals surface area contributed by atoms with Crippen molar-refractivity contribution in [2.45, 2.75) is 6.61 Å². The lowest BCUT2D eigenvalue weighted by Crippen LogP contribution is -2.54. The van der Waals surface area contributed by atoms with Gasteiger partial charge in [0, 0.05) is 5.56 Å². The summed E-state index contributed by atoms with van der Waals surface area (Å²) in [6, 6.07) is 13.9. The lowest BCUT2D eigenvalue weighted by Gasteiger charge is -2.26. The van der Waals surface area contributed by atoms with Gasteiger partial charge in [-0.3, -0.25) is 14.9 Å². The van der Waals surface area contributed by atoms with Gasteiger partial charge in [0.25, 0.3) is 11.8 Å². The summed E-state index contributed by atoms with van der Waals surface area (Å²) >= 11 is 3.39. The summed E-state index contributed by atoms with van der Waals surface area (Å²) in [5.41, 5.74) is 0.800. The Bertz CT molecular complexity index is 1470. The van der Waals surface area contributed by atoms with Gasteiger partial charge in [-0.25, -0.2) is 18.9 Å². The van der Waals surface area contributed by atoms with Gasteiger partial charge in [0.05, 0.1) is 29.9 Å². The number of esters is 1. The smallest absolute Gasteiger partial charge is 0.337 e. The Labute approximate surface area is 224 Å². The monoisotopic (exact) mass is 582 g/mol. The van der Waals surface area contributed by atoms with Crippen LogP contribution in [0.25, 0.3) is 6.08 Å². The molecule has 1 aliphatic rings. The van der Waals surface area contributed by atoms with Gasteiger partial charge in [-0.15, -0.1) is 0 Å². The molecule has 0 unspecified atom stereocenters. The number of rotatable bonds is 7. The van der Waals surface area contributed by atoms with Crippen LogP contribution in [-0.4, -0.2) is 38.0 Å². The maximum Gasteiger partial charge on any atom is 0.337 e. The van der Waals surface area contributed by atoms with Crippen LogP contribution >= 0.6 is 15.9 Å². The summed E-state index contributed by atoms with van der Waals surface area (Å²) < 4.78 is 30.2. The first-order valence-electron chi connectivity index (χ1n) is 11.1. The number of carbonyl (C=O) groups excluding carboxylic acids is 4. The minimum atomic E-state index is -0.932. The molecule has 0 atom stereocenters. The Morgan fingerprint density at radius 1 is 1.05 bits per heavy atom. The Hall–Kier alpha value is -4.51. The zero-order chi connectivity index (χ0) is 27.4. The number of benzene rings is 3. The summed E-state index contributed by atoms with van der Waals surface area (Å²) in [7, 11) is 2.64. The van der Waals surface area contributed by atoms with Crippen LogP contribution in [-0.2, 0) is 20.9 Å². The zero-order valence-electron chi connectivity index (χ0n) is 20.1. The van der Waals surface area contributed by atoms with Gasteiger partial charge < -0.3 is 14.2 Å². The molecule has 0 saturated carbocycles. The van der Waals surface area contributed by atoms with E-state index in [0.717, 1.165) is 4.90 Å². The van der Waals surface area contributed by atoms with E-state index in [1.165, 1.54) is 56.7 Å². The number of halogens is 2. The minimum Gasteiger partial charge on any atom is -0.493 e. The van der Waals surface area contributed by atoms with Gasteiger partial charge in [0.15, 0.2) is 11.5 Å². The summed E-state index contributed by atoms with van der Waals surface area (Å²) in [4.78, 5) is 50.7. The van der Waals surface area contributed by atoms with Crippen molar-refractivity contribution in [3.05, 3.63) is 93.2 Å². The number of carbonyl (C=O) groups is 4. The normalized spacial score (nSPS) is 14.4. The molecule has 1 aliphatic heterocycles. The molecule has 194 valence electrons. The van der Waals surface area contributed by atoms with Crippen LogP contribution in [0, 0.1) is 5.82 Å². The minimum absolute atomic E-state index is 0.0607. The summed E-state index contributed by atoms with van der Waals surface area (Å²) in [6.45, 7) is -0.0607. The Balaban J connectivity index is 1.63.